The predicted molar refractivity (Wildman–Crippen MR) is 105 cm³/mol. The van der Waals surface area contributed by atoms with E-state index in [0.717, 1.165) is 19.3 Å². The van der Waals surface area contributed by atoms with E-state index in [9.17, 15) is 9.59 Å². The Bertz CT molecular complexity index is 643. The van der Waals surface area contributed by atoms with Crippen molar-refractivity contribution < 1.29 is 14.3 Å². The third kappa shape index (κ3) is 5.92. The highest BCUT2D eigenvalue weighted by Crippen LogP contribution is 2.27. The fourth-order valence-electron chi connectivity index (χ4n) is 3.90. The van der Waals surface area contributed by atoms with Crippen LogP contribution in [0.5, 0.6) is 0 Å². The molecule has 1 saturated heterocycles. The normalized spacial score (nSPS) is 27.9. The molecule has 27 heavy (non-hydrogen) atoms. The number of nitrogens with zero attached hydrogens (tertiary/aromatic N) is 3. The van der Waals surface area contributed by atoms with Gasteiger partial charge in [0, 0.05) is 31.7 Å². The summed E-state index contributed by atoms with van der Waals surface area (Å²) in [7, 11) is 0. The topological polar surface area (TPSA) is 102 Å². The number of morpholine rings is 1. The summed E-state index contributed by atoms with van der Waals surface area (Å²) in [6.07, 6.45) is 6.89. The van der Waals surface area contributed by atoms with E-state index in [0.29, 0.717) is 25.2 Å². The molecule has 1 aromatic rings. The lowest BCUT2D eigenvalue weighted by molar-refractivity contribution is -0.144. The maximum Gasteiger partial charge on any atom is 0.244 e. The van der Waals surface area contributed by atoms with E-state index in [1.807, 2.05) is 13.8 Å². The zero-order chi connectivity index (χ0) is 18.7. The van der Waals surface area contributed by atoms with Crippen LogP contribution in [0.25, 0.3) is 0 Å². The van der Waals surface area contributed by atoms with Crippen molar-refractivity contribution in [3.63, 3.8) is 0 Å². The molecular formula is C18H30ClN5O3. The van der Waals surface area contributed by atoms with Crippen LogP contribution >= 0.6 is 12.4 Å². The SMILES string of the molecule is CC1CN(C(=O)Cn2cc(NC(=O)C[C@@H]3CCC[C@H]3N)cn2)CC(C)O1.Cl. The average Bonchev–Trinajstić information content (AvgIpc) is 3.16. The van der Waals surface area contributed by atoms with E-state index in [-0.39, 0.29) is 54.9 Å². The van der Waals surface area contributed by atoms with Crippen molar-refractivity contribution >= 4 is 29.9 Å². The van der Waals surface area contributed by atoms with Crippen molar-refractivity contribution in [2.24, 2.45) is 11.7 Å². The molecule has 3 rings (SSSR count). The van der Waals surface area contributed by atoms with Gasteiger partial charge in [0.1, 0.15) is 6.54 Å². The standard InChI is InChI=1S/C18H29N5O3.ClH/c1-12-8-22(9-13(2)26-12)18(25)11-23-10-15(7-20-23)21-17(24)6-14-4-3-5-16(14)19;/h7,10,12-14,16H,3-6,8-9,11,19H2,1-2H3,(H,21,24);1H/t12?,13?,14-,16+;/m0./s1. The van der Waals surface area contributed by atoms with Gasteiger partial charge < -0.3 is 20.7 Å². The number of hydrogen-bond acceptors (Lipinski definition) is 5. The van der Waals surface area contributed by atoms with Gasteiger partial charge in [0.05, 0.1) is 24.1 Å². The highest BCUT2D eigenvalue weighted by molar-refractivity contribution is 5.90. The average molecular weight is 400 g/mol. The highest BCUT2D eigenvalue weighted by atomic mass is 35.5. The Morgan fingerprint density at radius 3 is 2.63 bits per heavy atom. The molecule has 1 saturated carbocycles. The van der Waals surface area contributed by atoms with Crippen LogP contribution in [-0.4, -0.2) is 57.8 Å². The van der Waals surface area contributed by atoms with Crippen LogP contribution in [0.15, 0.2) is 12.4 Å². The first-order valence-electron chi connectivity index (χ1n) is 9.42. The number of hydrogen-bond donors (Lipinski definition) is 2. The van der Waals surface area contributed by atoms with Gasteiger partial charge in [0.15, 0.2) is 0 Å². The van der Waals surface area contributed by atoms with E-state index in [4.69, 9.17) is 10.5 Å². The Hall–Kier alpha value is -1.64. The number of halogens is 1. The Labute approximate surface area is 166 Å². The van der Waals surface area contributed by atoms with E-state index in [1.165, 1.54) is 0 Å². The minimum atomic E-state index is -0.0472. The monoisotopic (exact) mass is 399 g/mol. The molecule has 2 heterocycles. The van der Waals surface area contributed by atoms with Crippen molar-refractivity contribution in [1.29, 1.82) is 0 Å². The summed E-state index contributed by atoms with van der Waals surface area (Å²) in [5.41, 5.74) is 6.63. The molecule has 2 fully saturated rings. The van der Waals surface area contributed by atoms with Crippen LogP contribution in [0.4, 0.5) is 5.69 Å². The van der Waals surface area contributed by atoms with E-state index < -0.39 is 0 Å². The van der Waals surface area contributed by atoms with Crippen LogP contribution in [0.1, 0.15) is 39.5 Å². The number of ether oxygens (including phenoxy) is 1. The summed E-state index contributed by atoms with van der Waals surface area (Å²) >= 11 is 0. The number of anilines is 1. The molecule has 2 unspecified atom stereocenters. The molecule has 2 amide bonds. The number of carbonyl (C=O) groups excluding carboxylic acids is 2. The summed E-state index contributed by atoms with van der Waals surface area (Å²) in [5, 5.41) is 7.04. The molecule has 0 spiro atoms. The molecule has 0 radical (unpaired) electrons. The van der Waals surface area contributed by atoms with E-state index in [1.54, 1.807) is 22.0 Å². The van der Waals surface area contributed by atoms with Gasteiger partial charge in [0.2, 0.25) is 11.8 Å². The Morgan fingerprint density at radius 1 is 1.30 bits per heavy atom. The van der Waals surface area contributed by atoms with Crippen molar-refractivity contribution in [3.8, 4) is 0 Å². The van der Waals surface area contributed by atoms with Crippen LogP contribution in [0.2, 0.25) is 0 Å². The van der Waals surface area contributed by atoms with Crippen molar-refractivity contribution in [2.75, 3.05) is 18.4 Å². The fourth-order valence-corrected chi connectivity index (χ4v) is 3.90. The molecule has 1 aromatic heterocycles. The van der Waals surface area contributed by atoms with Crippen LogP contribution in [0.3, 0.4) is 0 Å². The third-order valence-electron chi connectivity index (χ3n) is 5.15. The Kier molecular flexibility index (Phi) is 7.64. The van der Waals surface area contributed by atoms with Crippen molar-refractivity contribution in [2.45, 2.75) is 64.3 Å². The summed E-state index contributed by atoms with van der Waals surface area (Å²) in [6, 6.07) is 0.124. The minimum absolute atomic E-state index is 0. The smallest absolute Gasteiger partial charge is 0.244 e. The molecular weight excluding hydrogens is 370 g/mol. The van der Waals surface area contributed by atoms with Gasteiger partial charge in [-0.2, -0.15) is 5.10 Å². The first-order chi connectivity index (χ1) is 12.4. The number of carbonyl (C=O) groups is 2. The number of nitrogens with one attached hydrogen (secondary N) is 1. The van der Waals surface area contributed by atoms with Gasteiger partial charge in [0.25, 0.3) is 0 Å². The zero-order valence-electron chi connectivity index (χ0n) is 16.0. The molecule has 3 N–H and O–H groups in total. The predicted octanol–water partition coefficient (Wildman–Crippen LogP) is 1.40. The van der Waals surface area contributed by atoms with Gasteiger partial charge >= 0.3 is 0 Å². The minimum Gasteiger partial charge on any atom is -0.372 e. The zero-order valence-corrected chi connectivity index (χ0v) is 16.8. The number of amides is 2. The van der Waals surface area contributed by atoms with Gasteiger partial charge in [-0.15, -0.1) is 12.4 Å². The van der Waals surface area contributed by atoms with Crippen LogP contribution in [-0.2, 0) is 20.9 Å². The lowest BCUT2D eigenvalue weighted by atomic mass is 10.00. The van der Waals surface area contributed by atoms with Crippen molar-refractivity contribution in [3.05, 3.63) is 12.4 Å². The second-order valence-corrected chi connectivity index (χ2v) is 7.59. The molecule has 152 valence electrons. The Balaban J connectivity index is 0.00000261. The Morgan fingerprint density at radius 2 is 2.00 bits per heavy atom. The summed E-state index contributed by atoms with van der Waals surface area (Å²) in [6.45, 7) is 5.27. The third-order valence-corrected chi connectivity index (χ3v) is 5.15. The second-order valence-electron chi connectivity index (χ2n) is 7.59. The van der Waals surface area contributed by atoms with Crippen LogP contribution < -0.4 is 11.1 Å². The lowest BCUT2D eigenvalue weighted by Crippen LogP contribution is -2.49. The lowest BCUT2D eigenvalue weighted by Gasteiger charge is -2.35. The van der Waals surface area contributed by atoms with Gasteiger partial charge in [-0.1, -0.05) is 6.42 Å². The molecule has 2 aliphatic rings. The van der Waals surface area contributed by atoms with Gasteiger partial charge in [-0.3, -0.25) is 14.3 Å². The molecule has 1 aliphatic carbocycles. The highest BCUT2D eigenvalue weighted by Gasteiger charge is 2.27. The second kappa shape index (κ2) is 9.52. The molecule has 0 bridgehead atoms. The quantitative estimate of drug-likeness (QED) is 0.779. The molecule has 8 nitrogen and oxygen atoms in total. The first kappa shape index (κ1) is 21.7. The largest absolute Gasteiger partial charge is 0.372 e. The van der Waals surface area contributed by atoms with Crippen molar-refractivity contribution in [1.82, 2.24) is 14.7 Å². The van der Waals surface area contributed by atoms with Crippen LogP contribution in [0, 0.1) is 5.92 Å². The van der Waals surface area contributed by atoms with E-state index in [2.05, 4.69) is 10.4 Å². The molecule has 0 aromatic carbocycles. The number of aromatic nitrogens is 2. The molecule has 1 aliphatic heterocycles. The number of nitrogens with two attached hydrogens (primary N) is 1. The molecule has 4 atom stereocenters. The van der Waals surface area contributed by atoms with Gasteiger partial charge in [-0.25, -0.2) is 0 Å². The summed E-state index contributed by atoms with van der Waals surface area (Å²) < 4.78 is 7.21. The first-order valence-corrected chi connectivity index (χ1v) is 9.42. The summed E-state index contributed by atoms with van der Waals surface area (Å²) in [4.78, 5) is 26.4. The fraction of sp³-hybridized carbons (Fsp3) is 0.722. The molecule has 9 heteroatoms. The maximum atomic E-state index is 12.5. The summed E-state index contributed by atoms with van der Waals surface area (Å²) in [5.74, 6) is 0.218. The number of rotatable bonds is 5. The van der Waals surface area contributed by atoms with Gasteiger partial charge in [-0.05, 0) is 32.6 Å². The van der Waals surface area contributed by atoms with E-state index >= 15 is 0 Å². The maximum absolute atomic E-state index is 12.5.